The summed E-state index contributed by atoms with van der Waals surface area (Å²) < 4.78 is 0. The summed E-state index contributed by atoms with van der Waals surface area (Å²) in [4.78, 5) is 12.5. The van der Waals surface area contributed by atoms with Gasteiger partial charge >= 0.3 is 5.97 Å². The second-order valence-electron chi connectivity index (χ2n) is 5.74. The normalized spacial score (nSPS) is 17.0. The molecule has 0 saturated carbocycles. The van der Waals surface area contributed by atoms with Crippen molar-refractivity contribution >= 4 is 17.7 Å². The molecule has 0 radical (unpaired) electrons. The molecule has 1 aliphatic rings. The van der Waals surface area contributed by atoms with Crippen molar-refractivity contribution in [3.05, 3.63) is 64.7 Å². The SMILES string of the molecule is CC(C)C1c2ccccc2CSc2c(C(=O)O)cccc21. The summed E-state index contributed by atoms with van der Waals surface area (Å²) in [6.45, 7) is 4.41. The number of hydrogen-bond donors (Lipinski definition) is 1. The van der Waals surface area contributed by atoms with Gasteiger partial charge < -0.3 is 5.11 Å². The van der Waals surface area contributed by atoms with Gasteiger partial charge in [0.1, 0.15) is 0 Å². The van der Waals surface area contributed by atoms with Gasteiger partial charge in [-0.1, -0.05) is 50.2 Å². The van der Waals surface area contributed by atoms with Crippen molar-refractivity contribution in [3.8, 4) is 0 Å². The molecule has 0 bridgehead atoms. The smallest absolute Gasteiger partial charge is 0.336 e. The van der Waals surface area contributed by atoms with Crippen molar-refractivity contribution in [2.24, 2.45) is 5.92 Å². The van der Waals surface area contributed by atoms with Crippen LogP contribution >= 0.6 is 11.8 Å². The molecule has 1 atom stereocenters. The molecular formula is C18H18O2S. The van der Waals surface area contributed by atoms with Crippen LogP contribution in [0.2, 0.25) is 0 Å². The number of thioether (sulfide) groups is 1. The highest BCUT2D eigenvalue weighted by Gasteiger charge is 2.28. The highest BCUT2D eigenvalue weighted by Crippen LogP contribution is 2.45. The quantitative estimate of drug-likeness (QED) is 0.867. The second kappa shape index (κ2) is 5.57. The zero-order valence-corrected chi connectivity index (χ0v) is 13.0. The summed E-state index contributed by atoms with van der Waals surface area (Å²) in [6.07, 6.45) is 0. The Morgan fingerprint density at radius 2 is 1.86 bits per heavy atom. The molecule has 0 amide bonds. The molecule has 1 unspecified atom stereocenters. The first-order chi connectivity index (χ1) is 10.1. The Morgan fingerprint density at radius 3 is 2.57 bits per heavy atom. The summed E-state index contributed by atoms with van der Waals surface area (Å²) >= 11 is 1.65. The fourth-order valence-corrected chi connectivity index (χ4v) is 4.37. The lowest BCUT2D eigenvalue weighted by molar-refractivity contribution is 0.0693. The molecular weight excluding hydrogens is 280 g/mol. The van der Waals surface area contributed by atoms with E-state index in [0.717, 1.165) is 16.2 Å². The average Bonchev–Trinajstić information content (AvgIpc) is 2.63. The Bertz CT molecular complexity index is 691. The molecule has 1 aliphatic heterocycles. The minimum absolute atomic E-state index is 0.255. The fourth-order valence-electron chi connectivity index (χ4n) is 3.13. The zero-order valence-electron chi connectivity index (χ0n) is 12.2. The first kappa shape index (κ1) is 14.2. The van der Waals surface area contributed by atoms with E-state index in [4.69, 9.17) is 0 Å². The third-order valence-corrected chi connectivity index (χ3v) is 5.24. The minimum Gasteiger partial charge on any atom is -0.478 e. The Morgan fingerprint density at radius 1 is 1.14 bits per heavy atom. The van der Waals surface area contributed by atoms with Crippen LogP contribution in [0.5, 0.6) is 0 Å². The summed E-state index contributed by atoms with van der Waals surface area (Å²) in [5.41, 5.74) is 4.23. The van der Waals surface area contributed by atoms with Gasteiger partial charge in [0.25, 0.3) is 0 Å². The van der Waals surface area contributed by atoms with Gasteiger partial charge in [0.15, 0.2) is 0 Å². The Balaban J connectivity index is 2.25. The first-order valence-corrected chi connectivity index (χ1v) is 8.15. The number of carboxylic acids is 1. The molecule has 21 heavy (non-hydrogen) atoms. The maximum atomic E-state index is 11.5. The lowest BCUT2D eigenvalue weighted by Crippen LogP contribution is -2.11. The number of hydrogen-bond acceptors (Lipinski definition) is 2. The molecule has 3 heteroatoms. The number of carbonyl (C=O) groups is 1. The number of rotatable bonds is 2. The van der Waals surface area contributed by atoms with Gasteiger partial charge in [0.05, 0.1) is 5.56 Å². The van der Waals surface area contributed by atoms with Crippen molar-refractivity contribution in [1.29, 1.82) is 0 Å². The van der Waals surface area contributed by atoms with Crippen LogP contribution in [0.4, 0.5) is 0 Å². The number of carboxylic acid groups (broad SMARTS) is 1. The molecule has 2 aromatic carbocycles. The Kier molecular flexibility index (Phi) is 3.77. The van der Waals surface area contributed by atoms with E-state index in [-0.39, 0.29) is 5.92 Å². The standard InChI is InChI=1S/C18H18O2S/c1-11(2)16-13-7-4-3-6-12(13)10-21-17-14(16)8-5-9-15(17)18(19)20/h3-9,11,16H,10H2,1-2H3,(H,19,20). The van der Waals surface area contributed by atoms with E-state index in [2.05, 4.69) is 44.2 Å². The monoisotopic (exact) mass is 298 g/mol. The van der Waals surface area contributed by atoms with E-state index < -0.39 is 5.97 Å². The van der Waals surface area contributed by atoms with E-state index >= 15 is 0 Å². The van der Waals surface area contributed by atoms with E-state index in [1.807, 2.05) is 6.07 Å². The molecule has 3 rings (SSSR count). The maximum absolute atomic E-state index is 11.5. The summed E-state index contributed by atoms with van der Waals surface area (Å²) in [5, 5.41) is 9.46. The molecule has 0 aliphatic carbocycles. The largest absolute Gasteiger partial charge is 0.478 e. The topological polar surface area (TPSA) is 37.3 Å². The second-order valence-corrected chi connectivity index (χ2v) is 6.72. The van der Waals surface area contributed by atoms with Gasteiger partial charge in [-0.05, 0) is 28.7 Å². The molecule has 1 heterocycles. The van der Waals surface area contributed by atoms with Crippen molar-refractivity contribution in [3.63, 3.8) is 0 Å². The van der Waals surface area contributed by atoms with Crippen LogP contribution < -0.4 is 0 Å². The average molecular weight is 298 g/mol. The maximum Gasteiger partial charge on any atom is 0.336 e. The third-order valence-electron chi connectivity index (χ3n) is 4.04. The summed E-state index contributed by atoms with van der Waals surface area (Å²) in [5.74, 6) is 0.669. The molecule has 0 saturated heterocycles. The van der Waals surface area contributed by atoms with Crippen molar-refractivity contribution in [2.75, 3.05) is 0 Å². The van der Waals surface area contributed by atoms with E-state index in [1.165, 1.54) is 11.1 Å². The van der Waals surface area contributed by atoms with Crippen LogP contribution in [0, 0.1) is 5.92 Å². The molecule has 2 nitrogen and oxygen atoms in total. The third kappa shape index (κ3) is 2.46. The van der Waals surface area contributed by atoms with Gasteiger partial charge in [-0.3, -0.25) is 0 Å². The molecule has 0 spiro atoms. The van der Waals surface area contributed by atoms with Crippen molar-refractivity contribution in [1.82, 2.24) is 0 Å². The van der Waals surface area contributed by atoms with Gasteiger partial charge in [0, 0.05) is 16.6 Å². The zero-order chi connectivity index (χ0) is 15.0. The summed E-state index contributed by atoms with van der Waals surface area (Å²) in [6, 6.07) is 14.1. The van der Waals surface area contributed by atoms with Gasteiger partial charge in [0.2, 0.25) is 0 Å². The highest BCUT2D eigenvalue weighted by atomic mass is 32.2. The van der Waals surface area contributed by atoms with Crippen LogP contribution in [-0.2, 0) is 5.75 Å². The van der Waals surface area contributed by atoms with Gasteiger partial charge in [-0.2, -0.15) is 0 Å². The van der Waals surface area contributed by atoms with Crippen LogP contribution in [0.3, 0.4) is 0 Å². The van der Waals surface area contributed by atoms with Crippen molar-refractivity contribution in [2.45, 2.75) is 30.4 Å². The van der Waals surface area contributed by atoms with Crippen LogP contribution in [0.1, 0.15) is 46.8 Å². The van der Waals surface area contributed by atoms with Crippen LogP contribution in [-0.4, -0.2) is 11.1 Å². The lowest BCUT2D eigenvalue weighted by atomic mass is 9.80. The van der Waals surface area contributed by atoms with Gasteiger partial charge in [-0.15, -0.1) is 11.8 Å². The number of benzene rings is 2. The predicted octanol–water partition coefficient (Wildman–Crippen LogP) is 4.78. The fraction of sp³-hybridized carbons (Fsp3) is 0.278. The van der Waals surface area contributed by atoms with Crippen molar-refractivity contribution < 1.29 is 9.90 Å². The van der Waals surface area contributed by atoms with E-state index in [0.29, 0.717) is 11.5 Å². The number of fused-ring (bicyclic) bond motifs is 2. The first-order valence-electron chi connectivity index (χ1n) is 7.16. The summed E-state index contributed by atoms with van der Waals surface area (Å²) in [7, 11) is 0. The molecule has 1 N–H and O–H groups in total. The van der Waals surface area contributed by atoms with Crippen LogP contribution in [0.15, 0.2) is 47.4 Å². The lowest BCUT2D eigenvalue weighted by Gasteiger charge is -2.24. The van der Waals surface area contributed by atoms with Crippen LogP contribution in [0.25, 0.3) is 0 Å². The molecule has 0 aromatic heterocycles. The Labute approximate surface area is 129 Å². The molecule has 0 fully saturated rings. The van der Waals surface area contributed by atoms with E-state index in [9.17, 15) is 9.90 Å². The molecule has 2 aromatic rings. The minimum atomic E-state index is -0.840. The highest BCUT2D eigenvalue weighted by molar-refractivity contribution is 7.98. The Hall–Kier alpha value is -1.74. The van der Waals surface area contributed by atoms with Gasteiger partial charge in [-0.25, -0.2) is 4.79 Å². The van der Waals surface area contributed by atoms with E-state index in [1.54, 1.807) is 17.8 Å². The number of aromatic carboxylic acids is 1. The molecule has 108 valence electrons. The predicted molar refractivity (Wildman–Crippen MR) is 86.1 cm³/mol.